The number of rotatable bonds is 16. The zero-order valence-electron chi connectivity index (χ0n) is 23.3. The van der Waals surface area contributed by atoms with Gasteiger partial charge in [-0.15, -0.1) is 0 Å². The Bertz CT molecular complexity index is 1250. The van der Waals surface area contributed by atoms with E-state index in [9.17, 15) is 19.5 Å². The van der Waals surface area contributed by atoms with E-state index >= 15 is 0 Å². The van der Waals surface area contributed by atoms with Crippen molar-refractivity contribution in [3.8, 4) is 0 Å². The number of aromatic nitrogens is 2. The number of H-pyrrole nitrogens is 1. The number of carbonyl (C=O) groups excluding carboxylic acids is 2. The molecule has 216 valence electrons. The van der Waals surface area contributed by atoms with Crippen LogP contribution in [0.2, 0.25) is 0 Å². The minimum atomic E-state index is -1.06. The summed E-state index contributed by atoms with van der Waals surface area (Å²) < 4.78 is 0. The van der Waals surface area contributed by atoms with Gasteiger partial charge in [0.1, 0.15) is 12.1 Å². The van der Waals surface area contributed by atoms with Crippen molar-refractivity contribution in [2.45, 2.75) is 51.4 Å². The molecule has 2 amide bonds. The standard InChI is InChI=1S/C29H40N6O4S/c1-4-19(2)25(34-28(37)27(30)24-14-31-18-32-24)16-35(17-26(36)33-23(29(38)39)12-13-40-3)15-21-10-7-9-20-8-5-6-11-22(20)21/h5-11,14,18-19,23,25,27H,4,12-13,15-17,30H2,1-3H3,(H,31,32)(H,33,36)(H,34,37)(H,38,39)/t19?,23?,25?,27-/m0/s1. The molecule has 3 aromatic rings. The lowest BCUT2D eigenvalue weighted by atomic mass is 9.97. The summed E-state index contributed by atoms with van der Waals surface area (Å²) in [5.41, 5.74) is 7.72. The molecule has 0 bridgehead atoms. The van der Waals surface area contributed by atoms with E-state index in [1.807, 2.05) is 67.5 Å². The summed E-state index contributed by atoms with van der Waals surface area (Å²) in [6, 6.07) is 11.9. The number of carbonyl (C=O) groups is 3. The first-order chi connectivity index (χ1) is 19.2. The highest BCUT2D eigenvalue weighted by molar-refractivity contribution is 7.98. The van der Waals surface area contributed by atoms with Crippen molar-refractivity contribution in [2.75, 3.05) is 25.1 Å². The third-order valence-corrected chi connectivity index (χ3v) is 7.78. The maximum absolute atomic E-state index is 13.2. The van der Waals surface area contributed by atoms with E-state index in [-0.39, 0.29) is 30.3 Å². The number of imidazole rings is 1. The van der Waals surface area contributed by atoms with Gasteiger partial charge >= 0.3 is 5.97 Å². The van der Waals surface area contributed by atoms with Gasteiger partial charge < -0.3 is 26.5 Å². The van der Waals surface area contributed by atoms with Crippen LogP contribution in [0.15, 0.2) is 55.0 Å². The van der Waals surface area contributed by atoms with Crippen molar-refractivity contribution >= 4 is 40.3 Å². The van der Waals surface area contributed by atoms with Gasteiger partial charge in [0.15, 0.2) is 0 Å². The van der Waals surface area contributed by atoms with Gasteiger partial charge in [-0.1, -0.05) is 62.7 Å². The van der Waals surface area contributed by atoms with Gasteiger partial charge in [0.2, 0.25) is 11.8 Å². The van der Waals surface area contributed by atoms with Gasteiger partial charge in [0.25, 0.3) is 0 Å². The number of carboxylic acids is 1. The molecule has 3 rings (SSSR count). The number of nitrogens with two attached hydrogens (primary N) is 1. The summed E-state index contributed by atoms with van der Waals surface area (Å²) in [5, 5.41) is 17.5. The van der Waals surface area contributed by atoms with Gasteiger partial charge in [0.05, 0.1) is 24.8 Å². The number of thioether (sulfide) groups is 1. The Morgan fingerprint density at radius 2 is 1.90 bits per heavy atom. The molecule has 2 aromatic carbocycles. The van der Waals surface area contributed by atoms with Crippen molar-refractivity contribution in [3.63, 3.8) is 0 Å². The Kier molecular flexibility index (Phi) is 12.0. The molecular weight excluding hydrogens is 528 g/mol. The van der Waals surface area contributed by atoms with Crippen LogP contribution in [-0.2, 0) is 20.9 Å². The first-order valence-electron chi connectivity index (χ1n) is 13.5. The van der Waals surface area contributed by atoms with Crippen LogP contribution < -0.4 is 16.4 Å². The van der Waals surface area contributed by atoms with Gasteiger partial charge in [-0.2, -0.15) is 11.8 Å². The highest BCUT2D eigenvalue weighted by atomic mass is 32.2. The topological polar surface area (TPSA) is 153 Å². The summed E-state index contributed by atoms with van der Waals surface area (Å²) in [5.74, 6) is -1.07. The monoisotopic (exact) mass is 568 g/mol. The zero-order valence-corrected chi connectivity index (χ0v) is 24.1. The predicted molar refractivity (Wildman–Crippen MR) is 159 cm³/mol. The Morgan fingerprint density at radius 3 is 2.58 bits per heavy atom. The van der Waals surface area contributed by atoms with E-state index in [1.165, 1.54) is 24.3 Å². The number of hydrogen-bond donors (Lipinski definition) is 5. The normalized spacial score (nSPS) is 14.4. The second-order valence-electron chi connectivity index (χ2n) is 10.0. The average molecular weight is 569 g/mol. The second-order valence-corrected chi connectivity index (χ2v) is 11.0. The highest BCUT2D eigenvalue weighted by Gasteiger charge is 2.27. The van der Waals surface area contributed by atoms with Crippen LogP contribution in [0, 0.1) is 5.92 Å². The Hall–Kier alpha value is -3.41. The molecule has 0 saturated carbocycles. The maximum Gasteiger partial charge on any atom is 0.326 e. The number of fused-ring (bicyclic) bond motifs is 1. The van der Waals surface area contributed by atoms with Gasteiger partial charge in [-0.25, -0.2) is 9.78 Å². The van der Waals surface area contributed by atoms with Crippen LogP contribution in [0.25, 0.3) is 10.8 Å². The highest BCUT2D eigenvalue weighted by Crippen LogP contribution is 2.21. The molecule has 40 heavy (non-hydrogen) atoms. The molecule has 0 saturated heterocycles. The summed E-state index contributed by atoms with van der Waals surface area (Å²) in [4.78, 5) is 46.8. The first kappa shape index (κ1) is 31.1. The Labute approximate surface area is 239 Å². The van der Waals surface area contributed by atoms with Gasteiger partial charge in [-0.3, -0.25) is 14.5 Å². The number of nitrogens with zero attached hydrogens (tertiary/aromatic N) is 2. The molecule has 0 fully saturated rings. The fourth-order valence-corrected chi connectivity index (χ4v) is 5.04. The van der Waals surface area contributed by atoms with Crippen molar-refractivity contribution in [1.82, 2.24) is 25.5 Å². The number of carboxylic acid groups (broad SMARTS) is 1. The summed E-state index contributed by atoms with van der Waals surface area (Å²) >= 11 is 1.53. The van der Waals surface area contributed by atoms with Crippen LogP contribution in [0.4, 0.5) is 0 Å². The second kappa shape index (κ2) is 15.4. The number of hydrogen-bond acceptors (Lipinski definition) is 7. The number of amides is 2. The largest absolute Gasteiger partial charge is 0.480 e. The van der Waals surface area contributed by atoms with E-state index in [1.54, 1.807) is 0 Å². The number of aliphatic carboxylic acids is 1. The van der Waals surface area contributed by atoms with Gasteiger partial charge in [-0.05, 0) is 40.7 Å². The smallest absolute Gasteiger partial charge is 0.326 e. The minimum absolute atomic E-state index is 0.0261. The van der Waals surface area contributed by atoms with Gasteiger partial charge in [0, 0.05) is 19.1 Å². The summed E-state index contributed by atoms with van der Waals surface area (Å²) in [6.45, 7) is 4.87. The molecule has 0 radical (unpaired) electrons. The maximum atomic E-state index is 13.2. The molecule has 1 heterocycles. The molecule has 1 aromatic heterocycles. The lowest BCUT2D eigenvalue weighted by Crippen LogP contribution is -2.52. The number of aromatic amines is 1. The molecular formula is C29H40N6O4S. The Balaban J connectivity index is 1.84. The first-order valence-corrected chi connectivity index (χ1v) is 14.9. The third-order valence-electron chi connectivity index (χ3n) is 7.14. The minimum Gasteiger partial charge on any atom is -0.480 e. The molecule has 11 heteroatoms. The fourth-order valence-electron chi connectivity index (χ4n) is 4.57. The molecule has 0 aliphatic heterocycles. The molecule has 0 aliphatic carbocycles. The predicted octanol–water partition coefficient (Wildman–Crippen LogP) is 2.92. The van der Waals surface area contributed by atoms with Crippen molar-refractivity contribution in [3.05, 3.63) is 66.2 Å². The average Bonchev–Trinajstić information content (AvgIpc) is 3.49. The molecule has 6 N–H and O–H groups in total. The quantitative estimate of drug-likeness (QED) is 0.177. The Morgan fingerprint density at radius 1 is 1.15 bits per heavy atom. The molecule has 10 nitrogen and oxygen atoms in total. The summed E-state index contributed by atoms with van der Waals surface area (Å²) in [6.07, 6.45) is 6.03. The van der Waals surface area contributed by atoms with Crippen molar-refractivity contribution in [1.29, 1.82) is 0 Å². The van der Waals surface area contributed by atoms with Crippen LogP contribution in [-0.4, -0.2) is 74.9 Å². The van der Waals surface area contributed by atoms with Crippen LogP contribution in [0.5, 0.6) is 0 Å². The van der Waals surface area contributed by atoms with E-state index in [0.717, 1.165) is 22.8 Å². The van der Waals surface area contributed by atoms with E-state index in [0.29, 0.717) is 31.0 Å². The number of benzene rings is 2. The summed E-state index contributed by atoms with van der Waals surface area (Å²) in [7, 11) is 0. The third kappa shape index (κ3) is 8.80. The SMILES string of the molecule is CCC(C)C(CN(CC(=O)NC(CCSC)C(=O)O)Cc1cccc2ccccc12)NC(=O)[C@@H](N)c1cnc[nH]1. The fraction of sp³-hybridized carbons (Fsp3) is 0.448. The van der Waals surface area contributed by atoms with E-state index < -0.39 is 18.1 Å². The zero-order chi connectivity index (χ0) is 29.1. The molecule has 3 unspecified atom stereocenters. The molecule has 0 aliphatic rings. The van der Waals surface area contributed by atoms with Crippen LogP contribution in [0.3, 0.4) is 0 Å². The van der Waals surface area contributed by atoms with E-state index in [2.05, 4.69) is 20.6 Å². The van der Waals surface area contributed by atoms with Crippen LogP contribution >= 0.6 is 11.8 Å². The van der Waals surface area contributed by atoms with Crippen molar-refractivity contribution in [2.24, 2.45) is 11.7 Å². The van der Waals surface area contributed by atoms with Crippen LogP contribution in [0.1, 0.15) is 44.0 Å². The lowest BCUT2D eigenvalue weighted by molar-refractivity contribution is -0.142. The number of nitrogens with one attached hydrogen (secondary N) is 3. The van der Waals surface area contributed by atoms with Crippen molar-refractivity contribution < 1.29 is 19.5 Å². The van der Waals surface area contributed by atoms with E-state index in [4.69, 9.17) is 5.73 Å². The molecule has 0 spiro atoms. The lowest BCUT2D eigenvalue weighted by Gasteiger charge is -2.32. The molecule has 4 atom stereocenters.